The van der Waals surface area contributed by atoms with Gasteiger partial charge in [-0.1, -0.05) is 12.1 Å². The average molecular weight is 259 g/mol. The second-order valence-electron chi connectivity index (χ2n) is 4.14. The van der Waals surface area contributed by atoms with E-state index in [-0.39, 0.29) is 5.75 Å². The summed E-state index contributed by atoms with van der Waals surface area (Å²) in [7, 11) is 1.54. The molecule has 0 aliphatic carbocycles. The summed E-state index contributed by atoms with van der Waals surface area (Å²) >= 11 is 0. The predicted octanol–water partition coefficient (Wildman–Crippen LogP) is 2.03. The van der Waals surface area contributed by atoms with Crippen molar-refractivity contribution in [3.05, 3.63) is 42.0 Å². The summed E-state index contributed by atoms with van der Waals surface area (Å²) < 4.78 is 5.06. The Morgan fingerprint density at radius 3 is 2.63 bits per heavy atom. The van der Waals surface area contributed by atoms with Crippen LogP contribution in [0.2, 0.25) is 0 Å². The Hall–Kier alpha value is -2.43. The molecular weight excluding hydrogens is 242 g/mol. The van der Waals surface area contributed by atoms with E-state index in [9.17, 15) is 5.11 Å². The van der Waals surface area contributed by atoms with Crippen LogP contribution in [0, 0.1) is 0 Å². The van der Waals surface area contributed by atoms with E-state index < -0.39 is 0 Å². The normalized spacial score (nSPS) is 10.2. The summed E-state index contributed by atoms with van der Waals surface area (Å²) in [5, 5.41) is 12.4. The van der Waals surface area contributed by atoms with Gasteiger partial charge in [-0.15, -0.1) is 0 Å². The summed E-state index contributed by atoms with van der Waals surface area (Å²) in [5.74, 6) is 1.43. The van der Waals surface area contributed by atoms with E-state index in [1.807, 2.05) is 18.2 Å². The van der Waals surface area contributed by atoms with Gasteiger partial charge in [-0.3, -0.25) is 0 Å². The highest BCUT2D eigenvalue weighted by Gasteiger charge is 2.02. The van der Waals surface area contributed by atoms with Gasteiger partial charge in [0.05, 0.1) is 12.8 Å². The molecule has 0 saturated heterocycles. The molecule has 0 bridgehead atoms. The molecule has 100 valence electrons. The molecule has 0 amide bonds. The van der Waals surface area contributed by atoms with E-state index in [0.29, 0.717) is 11.6 Å². The maximum absolute atomic E-state index is 9.19. The van der Waals surface area contributed by atoms with Gasteiger partial charge in [-0.25, -0.2) is 0 Å². The van der Waals surface area contributed by atoms with Gasteiger partial charge in [0.15, 0.2) is 0 Å². The van der Waals surface area contributed by atoms with E-state index >= 15 is 0 Å². The number of nitrogens with two attached hydrogens (primary N) is 1. The molecular formula is C14H17N3O2. The van der Waals surface area contributed by atoms with Crippen LogP contribution in [0.5, 0.6) is 11.6 Å². The molecule has 1 aromatic heterocycles. The van der Waals surface area contributed by atoms with Crippen LogP contribution in [0.1, 0.15) is 5.56 Å². The van der Waals surface area contributed by atoms with Crippen LogP contribution in [0.15, 0.2) is 36.4 Å². The number of aromatic nitrogens is 1. The number of pyridine rings is 1. The lowest BCUT2D eigenvalue weighted by atomic mass is 10.1. The van der Waals surface area contributed by atoms with Gasteiger partial charge < -0.3 is 20.9 Å². The standard InChI is InChI=1S/C14H17N3O2/c1-19-14-12(15)6-7-13(17-14)16-9-8-10-2-4-11(18)5-3-10/h2-7,18H,8-9,15H2,1H3,(H,16,17). The minimum absolute atomic E-state index is 0.279. The molecule has 5 nitrogen and oxygen atoms in total. The molecule has 2 aromatic rings. The van der Waals surface area contributed by atoms with Crippen LogP contribution < -0.4 is 15.8 Å². The van der Waals surface area contributed by atoms with Crippen LogP contribution in [0.25, 0.3) is 0 Å². The molecule has 0 radical (unpaired) electrons. The van der Waals surface area contributed by atoms with Crippen LogP contribution >= 0.6 is 0 Å². The first-order valence-electron chi connectivity index (χ1n) is 6.01. The molecule has 19 heavy (non-hydrogen) atoms. The van der Waals surface area contributed by atoms with Crippen LogP contribution in [-0.2, 0) is 6.42 Å². The first-order valence-corrected chi connectivity index (χ1v) is 6.01. The molecule has 0 unspecified atom stereocenters. The van der Waals surface area contributed by atoms with E-state index in [2.05, 4.69) is 10.3 Å². The van der Waals surface area contributed by atoms with Gasteiger partial charge in [0.25, 0.3) is 0 Å². The van der Waals surface area contributed by atoms with Crippen LogP contribution in [-0.4, -0.2) is 23.7 Å². The van der Waals surface area contributed by atoms with E-state index in [1.54, 1.807) is 25.3 Å². The Morgan fingerprint density at radius 1 is 1.21 bits per heavy atom. The van der Waals surface area contributed by atoms with Gasteiger partial charge in [-0.2, -0.15) is 4.98 Å². The highest BCUT2D eigenvalue weighted by atomic mass is 16.5. The Morgan fingerprint density at radius 2 is 1.95 bits per heavy atom. The van der Waals surface area contributed by atoms with Crippen molar-refractivity contribution in [3.8, 4) is 11.6 Å². The Bertz CT molecular complexity index is 541. The second kappa shape index (κ2) is 5.95. The first kappa shape index (κ1) is 13.0. The summed E-state index contributed by atoms with van der Waals surface area (Å²) in [6.07, 6.45) is 0.842. The monoisotopic (exact) mass is 259 g/mol. The van der Waals surface area contributed by atoms with Crippen molar-refractivity contribution >= 4 is 11.5 Å². The lowest BCUT2D eigenvalue weighted by Crippen LogP contribution is -2.07. The highest BCUT2D eigenvalue weighted by Crippen LogP contribution is 2.20. The maximum atomic E-state index is 9.19. The number of anilines is 2. The zero-order valence-corrected chi connectivity index (χ0v) is 10.8. The molecule has 4 N–H and O–H groups in total. The van der Waals surface area contributed by atoms with Crippen molar-refractivity contribution in [2.75, 3.05) is 24.7 Å². The molecule has 0 saturated carbocycles. The molecule has 1 heterocycles. The molecule has 0 atom stereocenters. The zero-order valence-electron chi connectivity index (χ0n) is 10.8. The van der Waals surface area contributed by atoms with Crippen molar-refractivity contribution in [1.82, 2.24) is 4.98 Å². The SMILES string of the molecule is COc1nc(NCCc2ccc(O)cc2)ccc1N. The second-order valence-corrected chi connectivity index (χ2v) is 4.14. The van der Waals surface area contributed by atoms with Crippen molar-refractivity contribution in [2.24, 2.45) is 0 Å². The van der Waals surface area contributed by atoms with E-state index in [1.165, 1.54) is 0 Å². The minimum atomic E-state index is 0.279. The molecule has 0 aliphatic heterocycles. The average Bonchev–Trinajstić information content (AvgIpc) is 2.43. The largest absolute Gasteiger partial charge is 0.508 e. The van der Waals surface area contributed by atoms with Gasteiger partial charge >= 0.3 is 0 Å². The number of nitrogen functional groups attached to an aromatic ring is 1. The van der Waals surface area contributed by atoms with E-state index in [0.717, 1.165) is 24.3 Å². The lowest BCUT2D eigenvalue weighted by Gasteiger charge is -2.08. The predicted molar refractivity (Wildman–Crippen MR) is 75.5 cm³/mol. The minimum Gasteiger partial charge on any atom is -0.508 e. The summed E-state index contributed by atoms with van der Waals surface area (Å²) in [5.41, 5.74) is 7.36. The Balaban J connectivity index is 1.90. The molecule has 2 rings (SSSR count). The van der Waals surface area contributed by atoms with Gasteiger partial charge in [0.1, 0.15) is 11.6 Å². The highest BCUT2D eigenvalue weighted by molar-refractivity contribution is 5.53. The molecule has 1 aromatic carbocycles. The zero-order chi connectivity index (χ0) is 13.7. The number of rotatable bonds is 5. The van der Waals surface area contributed by atoms with Gasteiger partial charge in [0.2, 0.25) is 5.88 Å². The van der Waals surface area contributed by atoms with Crippen LogP contribution in [0.3, 0.4) is 0 Å². The molecule has 0 fully saturated rings. The van der Waals surface area contributed by atoms with Crippen molar-refractivity contribution in [3.63, 3.8) is 0 Å². The van der Waals surface area contributed by atoms with Crippen molar-refractivity contribution < 1.29 is 9.84 Å². The summed E-state index contributed by atoms with van der Waals surface area (Å²) in [6.45, 7) is 0.741. The molecule has 0 spiro atoms. The number of benzene rings is 1. The number of nitrogens with one attached hydrogen (secondary N) is 1. The number of hydrogen-bond acceptors (Lipinski definition) is 5. The Labute approximate surface area is 112 Å². The first-order chi connectivity index (χ1) is 9.19. The number of nitrogens with zero attached hydrogens (tertiary/aromatic N) is 1. The lowest BCUT2D eigenvalue weighted by molar-refractivity contribution is 0.401. The maximum Gasteiger partial charge on any atom is 0.238 e. The summed E-state index contributed by atoms with van der Waals surface area (Å²) in [6, 6.07) is 10.7. The third-order valence-electron chi connectivity index (χ3n) is 2.74. The number of ether oxygens (including phenoxy) is 1. The fraction of sp³-hybridized carbons (Fsp3) is 0.214. The number of aromatic hydroxyl groups is 1. The third kappa shape index (κ3) is 3.51. The van der Waals surface area contributed by atoms with E-state index in [4.69, 9.17) is 10.5 Å². The smallest absolute Gasteiger partial charge is 0.238 e. The Kier molecular flexibility index (Phi) is 4.07. The summed E-state index contributed by atoms with van der Waals surface area (Å²) in [4.78, 5) is 4.24. The number of hydrogen-bond donors (Lipinski definition) is 3. The molecule has 5 heteroatoms. The van der Waals surface area contributed by atoms with Gasteiger partial charge in [-0.05, 0) is 36.2 Å². The fourth-order valence-corrected chi connectivity index (χ4v) is 1.71. The van der Waals surface area contributed by atoms with Crippen molar-refractivity contribution in [2.45, 2.75) is 6.42 Å². The van der Waals surface area contributed by atoms with Gasteiger partial charge in [0, 0.05) is 6.54 Å². The fourth-order valence-electron chi connectivity index (χ4n) is 1.71. The van der Waals surface area contributed by atoms with Crippen LogP contribution in [0.4, 0.5) is 11.5 Å². The number of methoxy groups -OCH3 is 1. The number of phenolic OH excluding ortho intramolecular Hbond substituents is 1. The van der Waals surface area contributed by atoms with Crippen molar-refractivity contribution in [1.29, 1.82) is 0 Å². The number of phenols is 1. The topological polar surface area (TPSA) is 80.4 Å². The quantitative estimate of drug-likeness (QED) is 0.765. The molecule has 0 aliphatic rings. The third-order valence-corrected chi connectivity index (χ3v) is 2.74.